The van der Waals surface area contributed by atoms with Crippen LogP contribution in [0.25, 0.3) is 0 Å². The number of likely N-dealkylation sites (tertiary alicyclic amines) is 1. The van der Waals surface area contributed by atoms with E-state index in [4.69, 9.17) is 4.52 Å². The Morgan fingerprint density at radius 3 is 2.85 bits per heavy atom. The van der Waals surface area contributed by atoms with Gasteiger partial charge in [0.15, 0.2) is 5.82 Å². The fraction of sp³-hybridized carbons (Fsp3) is 0.800. The third-order valence-electron chi connectivity index (χ3n) is 4.99. The molecule has 0 spiro atoms. The topological polar surface area (TPSA) is 59.2 Å². The van der Waals surface area contributed by atoms with E-state index in [2.05, 4.69) is 15.0 Å². The minimum atomic E-state index is 0.257. The van der Waals surface area contributed by atoms with E-state index in [0.29, 0.717) is 17.7 Å². The zero-order valence-electron chi connectivity index (χ0n) is 11.8. The second-order valence-electron chi connectivity index (χ2n) is 6.47. The minimum absolute atomic E-state index is 0.257. The summed E-state index contributed by atoms with van der Waals surface area (Å²) in [6, 6.07) is 0.410. The highest BCUT2D eigenvalue weighted by atomic mass is 16.5. The van der Waals surface area contributed by atoms with Crippen LogP contribution in [0.1, 0.15) is 62.6 Å². The third kappa shape index (κ3) is 2.28. The fourth-order valence-electron chi connectivity index (χ4n) is 3.76. The molecule has 1 aliphatic heterocycles. The summed E-state index contributed by atoms with van der Waals surface area (Å²) in [5.74, 6) is 2.85. The van der Waals surface area contributed by atoms with Gasteiger partial charge in [-0.15, -0.1) is 0 Å². The number of Topliss-reactive ketones (excluding diaryl/α,β-unsaturated/α-hetero) is 1. The Morgan fingerprint density at radius 1 is 1.20 bits per heavy atom. The van der Waals surface area contributed by atoms with Gasteiger partial charge in [-0.05, 0) is 45.1 Å². The van der Waals surface area contributed by atoms with Crippen LogP contribution in [0, 0.1) is 5.92 Å². The Bertz CT molecular complexity index is 509. The maximum absolute atomic E-state index is 12.0. The molecular weight excluding hydrogens is 254 g/mol. The van der Waals surface area contributed by atoms with E-state index in [1.807, 2.05) is 0 Å². The summed E-state index contributed by atoms with van der Waals surface area (Å²) in [7, 11) is 0. The molecule has 108 valence electrons. The number of ketones is 1. The van der Waals surface area contributed by atoms with Crippen molar-refractivity contribution >= 4 is 5.78 Å². The van der Waals surface area contributed by atoms with Crippen molar-refractivity contribution in [3.05, 3.63) is 11.7 Å². The highest BCUT2D eigenvalue weighted by Crippen LogP contribution is 2.39. The lowest BCUT2D eigenvalue weighted by molar-refractivity contribution is -0.122. The summed E-state index contributed by atoms with van der Waals surface area (Å²) in [6.45, 7) is 1.80. The molecule has 5 nitrogen and oxygen atoms in total. The molecule has 4 rings (SSSR count). The average molecular weight is 275 g/mol. The fourth-order valence-corrected chi connectivity index (χ4v) is 3.76. The van der Waals surface area contributed by atoms with Crippen molar-refractivity contribution in [2.75, 3.05) is 6.54 Å². The number of carbonyl (C=O) groups excluding carboxylic acids is 1. The lowest BCUT2D eigenvalue weighted by Crippen LogP contribution is -2.37. The lowest BCUT2D eigenvalue weighted by Gasteiger charge is -2.27. The summed E-state index contributed by atoms with van der Waals surface area (Å²) in [6.07, 6.45) is 7.62. The van der Waals surface area contributed by atoms with E-state index >= 15 is 0 Å². The van der Waals surface area contributed by atoms with Gasteiger partial charge >= 0.3 is 0 Å². The monoisotopic (exact) mass is 275 g/mol. The van der Waals surface area contributed by atoms with E-state index < -0.39 is 0 Å². The quantitative estimate of drug-likeness (QED) is 0.843. The van der Waals surface area contributed by atoms with Crippen molar-refractivity contribution in [2.45, 2.75) is 63.5 Å². The zero-order valence-corrected chi connectivity index (χ0v) is 11.8. The molecule has 20 heavy (non-hydrogen) atoms. The van der Waals surface area contributed by atoms with Crippen LogP contribution in [-0.2, 0) is 11.3 Å². The first-order chi connectivity index (χ1) is 9.81. The van der Waals surface area contributed by atoms with Gasteiger partial charge in [-0.3, -0.25) is 9.69 Å². The highest BCUT2D eigenvalue weighted by molar-refractivity contribution is 5.83. The first-order valence-corrected chi connectivity index (χ1v) is 7.90. The number of rotatable bonds is 4. The number of nitrogens with zero attached hydrogens (tertiary/aromatic N) is 3. The predicted octanol–water partition coefficient (Wildman–Crippen LogP) is 2.28. The van der Waals surface area contributed by atoms with Crippen molar-refractivity contribution in [1.29, 1.82) is 0 Å². The Balaban J connectivity index is 1.44. The Labute approximate surface area is 118 Å². The van der Waals surface area contributed by atoms with Crippen LogP contribution in [0.15, 0.2) is 4.52 Å². The van der Waals surface area contributed by atoms with Gasteiger partial charge in [0.2, 0.25) is 5.89 Å². The molecule has 3 fully saturated rings. The van der Waals surface area contributed by atoms with Crippen LogP contribution in [0.3, 0.4) is 0 Å². The third-order valence-corrected chi connectivity index (χ3v) is 4.99. The van der Waals surface area contributed by atoms with Gasteiger partial charge in [0.1, 0.15) is 5.78 Å². The summed E-state index contributed by atoms with van der Waals surface area (Å²) >= 11 is 0. The Morgan fingerprint density at radius 2 is 2.10 bits per heavy atom. The first-order valence-electron chi connectivity index (χ1n) is 7.90. The molecule has 0 bridgehead atoms. The summed E-state index contributed by atoms with van der Waals surface area (Å²) in [5.41, 5.74) is 0. The Kier molecular flexibility index (Phi) is 3.10. The highest BCUT2D eigenvalue weighted by Gasteiger charge is 2.38. The smallest absolute Gasteiger partial charge is 0.229 e. The molecule has 1 aromatic rings. The van der Waals surface area contributed by atoms with Gasteiger partial charge in [-0.2, -0.15) is 4.98 Å². The van der Waals surface area contributed by atoms with Gasteiger partial charge in [-0.25, -0.2) is 0 Å². The number of hydrogen-bond acceptors (Lipinski definition) is 5. The molecule has 5 heteroatoms. The number of carbonyl (C=O) groups is 1. The second-order valence-corrected chi connectivity index (χ2v) is 6.47. The lowest BCUT2D eigenvalue weighted by atomic mass is 9.95. The van der Waals surface area contributed by atoms with Crippen molar-refractivity contribution < 1.29 is 9.32 Å². The summed E-state index contributed by atoms with van der Waals surface area (Å²) in [5, 5.41) is 4.11. The largest absolute Gasteiger partial charge is 0.339 e. The maximum atomic E-state index is 12.0. The van der Waals surface area contributed by atoms with Crippen molar-refractivity contribution in [2.24, 2.45) is 5.92 Å². The Hall–Kier alpha value is -1.23. The minimum Gasteiger partial charge on any atom is -0.339 e. The van der Waals surface area contributed by atoms with Crippen molar-refractivity contribution in [3.63, 3.8) is 0 Å². The molecule has 1 saturated heterocycles. The van der Waals surface area contributed by atoms with Gasteiger partial charge in [0, 0.05) is 24.3 Å². The molecular formula is C15H21N3O2. The van der Waals surface area contributed by atoms with Crippen molar-refractivity contribution in [3.8, 4) is 0 Å². The molecule has 0 amide bonds. The van der Waals surface area contributed by atoms with Gasteiger partial charge in [-0.1, -0.05) is 5.16 Å². The molecule has 3 aliphatic rings. The molecule has 0 aromatic carbocycles. The molecule has 2 aliphatic carbocycles. The van der Waals surface area contributed by atoms with Gasteiger partial charge < -0.3 is 4.52 Å². The van der Waals surface area contributed by atoms with Crippen LogP contribution < -0.4 is 0 Å². The first kappa shape index (κ1) is 12.5. The van der Waals surface area contributed by atoms with Gasteiger partial charge in [0.05, 0.1) is 6.54 Å². The average Bonchev–Trinajstić information content (AvgIpc) is 2.85. The van der Waals surface area contributed by atoms with Crippen LogP contribution in [0.4, 0.5) is 0 Å². The summed E-state index contributed by atoms with van der Waals surface area (Å²) < 4.78 is 5.33. The van der Waals surface area contributed by atoms with E-state index in [1.165, 1.54) is 19.3 Å². The normalized spacial score (nSPS) is 31.3. The standard InChI is InChI=1S/C15H21N3O2/c19-13-5-1-3-11(13)12-4-2-8-18(12)9-14-16-15(20-17-14)10-6-7-10/h10-12H,1-9H2. The van der Waals surface area contributed by atoms with E-state index in [-0.39, 0.29) is 5.92 Å². The zero-order chi connectivity index (χ0) is 13.5. The number of hydrogen-bond donors (Lipinski definition) is 0. The molecule has 0 N–H and O–H groups in total. The SMILES string of the molecule is O=C1CCCC1C1CCCN1Cc1noc(C2CC2)n1. The van der Waals surface area contributed by atoms with E-state index in [9.17, 15) is 4.79 Å². The maximum Gasteiger partial charge on any atom is 0.229 e. The molecule has 1 aromatic heterocycles. The summed E-state index contributed by atoms with van der Waals surface area (Å²) in [4.78, 5) is 18.9. The second kappa shape index (κ2) is 4.95. The number of aromatic nitrogens is 2. The molecule has 0 radical (unpaired) electrons. The van der Waals surface area contributed by atoms with Crippen LogP contribution in [-0.4, -0.2) is 33.4 Å². The molecule has 2 atom stereocenters. The molecule has 2 heterocycles. The van der Waals surface area contributed by atoms with Crippen LogP contribution >= 0.6 is 0 Å². The van der Waals surface area contributed by atoms with Crippen LogP contribution in [0.2, 0.25) is 0 Å². The van der Waals surface area contributed by atoms with Crippen LogP contribution in [0.5, 0.6) is 0 Å². The molecule has 2 saturated carbocycles. The van der Waals surface area contributed by atoms with Crippen molar-refractivity contribution in [1.82, 2.24) is 15.0 Å². The molecule has 2 unspecified atom stereocenters. The van der Waals surface area contributed by atoms with E-state index in [1.54, 1.807) is 0 Å². The van der Waals surface area contributed by atoms with Gasteiger partial charge in [0.25, 0.3) is 0 Å². The van der Waals surface area contributed by atoms with E-state index in [0.717, 1.165) is 50.5 Å². The predicted molar refractivity (Wildman–Crippen MR) is 72.1 cm³/mol.